The van der Waals surface area contributed by atoms with Crippen molar-refractivity contribution in [2.75, 3.05) is 13.6 Å². The van der Waals surface area contributed by atoms with Gasteiger partial charge in [-0.25, -0.2) is 0 Å². The monoisotopic (exact) mass is 349 g/mol. The molecule has 1 rings (SSSR count). The first kappa shape index (κ1) is 13.2. The number of carbonyl (C=O) groups excluding carboxylic acids is 1. The summed E-state index contributed by atoms with van der Waals surface area (Å²) in [6.07, 6.45) is 0. The topological polar surface area (TPSA) is 57.6 Å². The Hall–Kier alpha value is -0.880. The van der Waals surface area contributed by atoms with Crippen LogP contribution in [0.5, 0.6) is 0 Å². The van der Waals surface area contributed by atoms with E-state index in [0.717, 1.165) is 13.8 Å². The smallest absolute Gasteiger partial charge is 0.323 e. The Morgan fingerprint density at radius 1 is 1.25 bits per heavy atom. The number of hydrogen-bond acceptors (Lipinski definition) is 2. The molecule has 0 saturated carbocycles. The van der Waals surface area contributed by atoms with Gasteiger partial charge < -0.3 is 10.0 Å². The van der Waals surface area contributed by atoms with Gasteiger partial charge in [0.1, 0.15) is 6.54 Å². The fourth-order valence-electron chi connectivity index (χ4n) is 1.17. The molecule has 0 aliphatic heterocycles. The van der Waals surface area contributed by atoms with Crippen LogP contribution in [0.2, 0.25) is 0 Å². The van der Waals surface area contributed by atoms with E-state index in [1.54, 1.807) is 18.2 Å². The van der Waals surface area contributed by atoms with E-state index in [4.69, 9.17) is 5.11 Å². The van der Waals surface area contributed by atoms with Crippen molar-refractivity contribution in [2.24, 2.45) is 0 Å². The normalized spacial score (nSPS) is 9.94. The fourth-order valence-corrected chi connectivity index (χ4v) is 2.47. The molecule has 0 fully saturated rings. The molecule has 0 aliphatic carbocycles. The lowest BCUT2D eigenvalue weighted by atomic mass is 10.2. The number of benzene rings is 1. The van der Waals surface area contributed by atoms with Crippen molar-refractivity contribution >= 4 is 43.7 Å². The van der Waals surface area contributed by atoms with Gasteiger partial charge in [-0.2, -0.15) is 0 Å². The highest BCUT2D eigenvalue weighted by Gasteiger charge is 2.15. The molecule has 1 aromatic rings. The summed E-state index contributed by atoms with van der Waals surface area (Å²) in [5.41, 5.74) is 0.435. The molecular formula is C10H9Br2NO3. The Bertz CT molecular complexity index is 414. The zero-order valence-corrected chi connectivity index (χ0v) is 11.6. The first-order valence-corrected chi connectivity index (χ1v) is 5.92. The van der Waals surface area contributed by atoms with Crippen molar-refractivity contribution < 1.29 is 14.7 Å². The number of hydrogen-bond donors (Lipinski definition) is 1. The van der Waals surface area contributed by atoms with Gasteiger partial charge in [-0.15, -0.1) is 0 Å². The predicted molar refractivity (Wildman–Crippen MR) is 66.4 cm³/mol. The third-order valence-corrected chi connectivity index (χ3v) is 2.74. The predicted octanol–water partition coefficient (Wildman–Crippen LogP) is 2.37. The van der Waals surface area contributed by atoms with E-state index in [0.29, 0.717) is 5.56 Å². The summed E-state index contributed by atoms with van der Waals surface area (Å²) < 4.78 is 1.52. The quantitative estimate of drug-likeness (QED) is 0.910. The summed E-state index contributed by atoms with van der Waals surface area (Å²) in [4.78, 5) is 23.4. The molecule has 1 aromatic carbocycles. The van der Waals surface area contributed by atoms with Gasteiger partial charge in [-0.1, -0.05) is 31.9 Å². The van der Waals surface area contributed by atoms with E-state index in [2.05, 4.69) is 31.9 Å². The number of rotatable bonds is 3. The maximum Gasteiger partial charge on any atom is 0.323 e. The van der Waals surface area contributed by atoms with Crippen LogP contribution in [0.15, 0.2) is 27.1 Å². The molecule has 4 nitrogen and oxygen atoms in total. The molecule has 0 heterocycles. The Balaban J connectivity index is 2.91. The largest absolute Gasteiger partial charge is 0.480 e. The minimum absolute atomic E-state index is 0.317. The highest BCUT2D eigenvalue weighted by Crippen LogP contribution is 2.20. The van der Waals surface area contributed by atoms with Gasteiger partial charge >= 0.3 is 5.97 Å². The fraction of sp³-hybridized carbons (Fsp3) is 0.200. The number of carbonyl (C=O) groups is 2. The van der Waals surface area contributed by atoms with Crippen molar-refractivity contribution in [3.63, 3.8) is 0 Å². The molecule has 0 atom stereocenters. The van der Waals surface area contributed by atoms with Gasteiger partial charge in [0.05, 0.1) is 0 Å². The van der Waals surface area contributed by atoms with Crippen LogP contribution >= 0.6 is 31.9 Å². The Kier molecular flexibility index (Phi) is 4.49. The maximum atomic E-state index is 11.8. The van der Waals surface area contributed by atoms with Crippen LogP contribution in [0.25, 0.3) is 0 Å². The number of amides is 1. The van der Waals surface area contributed by atoms with Crippen molar-refractivity contribution in [1.82, 2.24) is 4.90 Å². The molecular weight excluding hydrogens is 342 g/mol. The Labute approximate surface area is 110 Å². The first-order chi connectivity index (χ1) is 7.40. The van der Waals surface area contributed by atoms with E-state index < -0.39 is 5.97 Å². The first-order valence-electron chi connectivity index (χ1n) is 4.33. The van der Waals surface area contributed by atoms with Gasteiger partial charge in [-0.05, 0) is 18.2 Å². The molecule has 0 bridgehead atoms. The SMILES string of the molecule is CN(CC(=O)O)C(=O)c1cc(Br)cc(Br)c1. The summed E-state index contributed by atoms with van der Waals surface area (Å²) >= 11 is 6.53. The van der Waals surface area contributed by atoms with Crippen molar-refractivity contribution in [1.29, 1.82) is 0 Å². The molecule has 16 heavy (non-hydrogen) atoms. The molecule has 0 spiro atoms. The molecule has 0 radical (unpaired) electrons. The van der Waals surface area contributed by atoms with Crippen LogP contribution in [0.4, 0.5) is 0 Å². The highest BCUT2D eigenvalue weighted by atomic mass is 79.9. The van der Waals surface area contributed by atoms with E-state index in [9.17, 15) is 9.59 Å². The zero-order valence-electron chi connectivity index (χ0n) is 8.41. The average molecular weight is 351 g/mol. The van der Waals surface area contributed by atoms with Gasteiger partial charge in [0.25, 0.3) is 5.91 Å². The van der Waals surface area contributed by atoms with Crippen LogP contribution in [-0.2, 0) is 4.79 Å². The molecule has 6 heteroatoms. The van der Waals surface area contributed by atoms with Crippen molar-refractivity contribution in [2.45, 2.75) is 0 Å². The lowest BCUT2D eigenvalue weighted by Crippen LogP contribution is -2.31. The standard InChI is InChI=1S/C10H9Br2NO3/c1-13(5-9(14)15)10(16)6-2-7(11)4-8(12)3-6/h2-4H,5H2,1H3,(H,14,15). The number of carboxylic acid groups (broad SMARTS) is 1. The number of nitrogens with zero attached hydrogens (tertiary/aromatic N) is 1. The summed E-state index contributed by atoms with van der Waals surface area (Å²) in [6, 6.07) is 5.09. The third-order valence-electron chi connectivity index (χ3n) is 1.83. The highest BCUT2D eigenvalue weighted by molar-refractivity contribution is 9.11. The summed E-state index contributed by atoms with van der Waals surface area (Å²) in [5, 5.41) is 8.58. The summed E-state index contributed by atoms with van der Waals surface area (Å²) in [7, 11) is 1.45. The molecule has 0 aromatic heterocycles. The van der Waals surface area contributed by atoms with Crippen LogP contribution < -0.4 is 0 Å². The number of halogens is 2. The number of likely N-dealkylation sites (N-methyl/N-ethyl adjacent to an activating group) is 1. The second-order valence-corrected chi connectivity index (χ2v) is 5.04. The minimum Gasteiger partial charge on any atom is -0.480 e. The maximum absolute atomic E-state index is 11.8. The molecule has 0 aliphatic rings. The van der Waals surface area contributed by atoms with Crippen LogP contribution in [0.3, 0.4) is 0 Å². The lowest BCUT2D eigenvalue weighted by molar-refractivity contribution is -0.137. The van der Waals surface area contributed by atoms with E-state index in [-0.39, 0.29) is 12.5 Å². The van der Waals surface area contributed by atoms with E-state index >= 15 is 0 Å². The zero-order chi connectivity index (χ0) is 12.3. The Morgan fingerprint density at radius 2 is 1.75 bits per heavy atom. The third kappa shape index (κ3) is 3.61. The van der Waals surface area contributed by atoms with Crippen molar-refractivity contribution in [3.05, 3.63) is 32.7 Å². The summed E-state index contributed by atoms with van der Waals surface area (Å²) in [6.45, 7) is -0.317. The molecule has 1 N–H and O–H groups in total. The molecule has 0 unspecified atom stereocenters. The van der Waals surface area contributed by atoms with Gasteiger partial charge in [0, 0.05) is 21.6 Å². The second-order valence-electron chi connectivity index (χ2n) is 3.21. The van der Waals surface area contributed by atoms with Crippen molar-refractivity contribution in [3.8, 4) is 0 Å². The van der Waals surface area contributed by atoms with Gasteiger partial charge in [-0.3, -0.25) is 9.59 Å². The van der Waals surface area contributed by atoms with Gasteiger partial charge in [0.2, 0.25) is 0 Å². The summed E-state index contributed by atoms with van der Waals surface area (Å²) in [5.74, 6) is -1.37. The van der Waals surface area contributed by atoms with Crippen LogP contribution in [-0.4, -0.2) is 35.5 Å². The second kappa shape index (κ2) is 5.45. The molecule has 86 valence electrons. The van der Waals surface area contributed by atoms with E-state index in [1.165, 1.54) is 7.05 Å². The number of carboxylic acids is 1. The average Bonchev–Trinajstić information content (AvgIpc) is 2.13. The van der Waals surface area contributed by atoms with Crippen LogP contribution in [0, 0.1) is 0 Å². The van der Waals surface area contributed by atoms with E-state index in [1.807, 2.05) is 0 Å². The van der Waals surface area contributed by atoms with Crippen LogP contribution in [0.1, 0.15) is 10.4 Å². The Morgan fingerprint density at radius 3 is 2.19 bits per heavy atom. The number of aliphatic carboxylic acids is 1. The lowest BCUT2D eigenvalue weighted by Gasteiger charge is -2.14. The molecule has 1 amide bonds. The minimum atomic E-state index is -1.04. The molecule has 0 saturated heterocycles. The van der Waals surface area contributed by atoms with Gasteiger partial charge in [0.15, 0.2) is 0 Å².